The number of benzene rings is 2. The Morgan fingerprint density at radius 3 is 1.94 bits per heavy atom. The molecule has 34 heavy (non-hydrogen) atoms. The lowest BCUT2D eigenvalue weighted by Crippen LogP contribution is -2.60. The van der Waals surface area contributed by atoms with Crippen LogP contribution in [0.2, 0.25) is 0 Å². The molecule has 182 valence electrons. The second-order valence-electron chi connectivity index (χ2n) is 9.42. The van der Waals surface area contributed by atoms with Crippen molar-refractivity contribution in [2.24, 2.45) is 0 Å². The van der Waals surface area contributed by atoms with Gasteiger partial charge in [0.1, 0.15) is 0 Å². The Balaban J connectivity index is 1.61. The number of carbonyl (C=O) groups is 2. The van der Waals surface area contributed by atoms with Crippen molar-refractivity contribution >= 4 is 12.0 Å². The molecule has 6 nitrogen and oxygen atoms in total. The van der Waals surface area contributed by atoms with Crippen molar-refractivity contribution in [3.8, 4) is 0 Å². The molecule has 2 aromatic carbocycles. The van der Waals surface area contributed by atoms with E-state index >= 15 is 0 Å². The summed E-state index contributed by atoms with van der Waals surface area (Å²) in [5, 5.41) is 0. The van der Waals surface area contributed by atoms with Crippen molar-refractivity contribution < 1.29 is 14.3 Å². The summed E-state index contributed by atoms with van der Waals surface area (Å²) >= 11 is 0. The second-order valence-corrected chi connectivity index (χ2v) is 9.42. The molecule has 2 heterocycles. The summed E-state index contributed by atoms with van der Waals surface area (Å²) in [6, 6.07) is 20.0. The maximum Gasteiger partial charge on any atom is 0.409 e. The van der Waals surface area contributed by atoms with E-state index < -0.39 is 0 Å². The highest BCUT2D eigenvalue weighted by Gasteiger charge is 2.37. The van der Waals surface area contributed by atoms with Crippen molar-refractivity contribution in [3.63, 3.8) is 0 Å². The number of likely N-dealkylation sites (tertiary alicyclic amines) is 1. The van der Waals surface area contributed by atoms with Crippen LogP contribution in [0.25, 0.3) is 0 Å². The molecule has 0 unspecified atom stereocenters. The molecule has 1 atom stereocenters. The largest absolute Gasteiger partial charge is 0.453 e. The van der Waals surface area contributed by atoms with Gasteiger partial charge in [-0.1, -0.05) is 79.9 Å². The fourth-order valence-corrected chi connectivity index (χ4v) is 5.32. The number of amides is 2. The Bertz CT molecular complexity index is 874. The lowest BCUT2D eigenvalue weighted by Gasteiger charge is -2.44. The summed E-state index contributed by atoms with van der Waals surface area (Å²) < 4.78 is 5.02. The summed E-state index contributed by atoms with van der Waals surface area (Å²) in [4.78, 5) is 32.8. The Labute approximate surface area is 203 Å². The normalized spacial score (nSPS) is 20.0. The molecule has 2 aliphatic rings. The SMILES string of the molecule is COC(=O)N1CCN(C(=O)C(c2ccccc2)c2ccccc2)[C@H](CN2CCCCCCC2)C1. The minimum Gasteiger partial charge on any atom is -0.453 e. The minimum absolute atomic E-state index is 0.0605. The van der Waals surface area contributed by atoms with E-state index in [0.717, 1.165) is 30.8 Å². The molecule has 0 radical (unpaired) electrons. The average Bonchev–Trinajstić information content (AvgIpc) is 2.86. The molecule has 0 aliphatic carbocycles. The Morgan fingerprint density at radius 2 is 1.38 bits per heavy atom. The molecule has 0 bridgehead atoms. The quantitative estimate of drug-likeness (QED) is 0.661. The zero-order valence-corrected chi connectivity index (χ0v) is 20.3. The van der Waals surface area contributed by atoms with E-state index in [4.69, 9.17) is 4.74 Å². The van der Waals surface area contributed by atoms with E-state index in [1.165, 1.54) is 39.2 Å². The van der Waals surface area contributed by atoms with Crippen LogP contribution in [0.5, 0.6) is 0 Å². The van der Waals surface area contributed by atoms with Gasteiger partial charge in [0, 0.05) is 26.2 Å². The van der Waals surface area contributed by atoms with E-state index in [9.17, 15) is 9.59 Å². The molecule has 0 aromatic heterocycles. The number of rotatable bonds is 5. The van der Waals surface area contributed by atoms with E-state index in [1.807, 2.05) is 65.6 Å². The van der Waals surface area contributed by atoms with E-state index in [0.29, 0.717) is 19.6 Å². The van der Waals surface area contributed by atoms with Crippen LogP contribution in [0.15, 0.2) is 60.7 Å². The summed E-state index contributed by atoms with van der Waals surface area (Å²) in [7, 11) is 1.42. The Kier molecular flexibility index (Phi) is 8.58. The molecule has 6 heteroatoms. The Hall–Kier alpha value is -2.86. The number of hydrogen-bond acceptors (Lipinski definition) is 4. The molecule has 2 saturated heterocycles. The number of piperazine rings is 1. The second kappa shape index (κ2) is 12.0. The van der Waals surface area contributed by atoms with Gasteiger partial charge in [-0.3, -0.25) is 4.79 Å². The van der Waals surface area contributed by atoms with Gasteiger partial charge in [-0.25, -0.2) is 4.79 Å². The fourth-order valence-electron chi connectivity index (χ4n) is 5.32. The first-order valence-electron chi connectivity index (χ1n) is 12.6. The van der Waals surface area contributed by atoms with Crippen molar-refractivity contribution in [1.82, 2.24) is 14.7 Å². The molecule has 2 aliphatic heterocycles. The van der Waals surface area contributed by atoms with Crippen molar-refractivity contribution in [2.45, 2.75) is 44.1 Å². The van der Waals surface area contributed by atoms with Gasteiger partial charge in [-0.15, -0.1) is 0 Å². The molecule has 0 N–H and O–H groups in total. The fraction of sp³-hybridized carbons (Fsp3) is 0.500. The third-order valence-electron chi connectivity index (χ3n) is 7.13. The van der Waals surface area contributed by atoms with Crippen molar-refractivity contribution in [3.05, 3.63) is 71.8 Å². The van der Waals surface area contributed by atoms with Crippen molar-refractivity contribution in [1.29, 1.82) is 0 Å². The smallest absolute Gasteiger partial charge is 0.409 e. The zero-order chi connectivity index (χ0) is 23.8. The third-order valence-corrected chi connectivity index (χ3v) is 7.13. The first-order valence-corrected chi connectivity index (χ1v) is 12.6. The number of nitrogens with zero attached hydrogens (tertiary/aromatic N) is 3. The lowest BCUT2D eigenvalue weighted by atomic mass is 9.89. The maximum absolute atomic E-state index is 14.2. The monoisotopic (exact) mass is 463 g/mol. The van der Waals surface area contributed by atoms with E-state index in [2.05, 4.69) is 4.90 Å². The topological polar surface area (TPSA) is 53.1 Å². The maximum atomic E-state index is 14.2. The van der Waals surface area contributed by atoms with Gasteiger partial charge in [-0.05, 0) is 37.1 Å². The summed E-state index contributed by atoms with van der Waals surface area (Å²) in [5.74, 6) is -0.249. The number of methoxy groups -OCH3 is 1. The van der Waals surface area contributed by atoms with Gasteiger partial charge in [0.25, 0.3) is 0 Å². The predicted molar refractivity (Wildman–Crippen MR) is 134 cm³/mol. The van der Waals surface area contributed by atoms with Crippen LogP contribution in [-0.4, -0.2) is 79.1 Å². The average molecular weight is 464 g/mol. The van der Waals surface area contributed by atoms with Gasteiger partial charge in [0.05, 0.1) is 19.1 Å². The molecule has 2 amide bonds. The number of hydrogen-bond donors (Lipinski definition) is 0. The molecular weight excluding hydrogens is 426 g/mol. The molecule has 0 saturated carbocycles. The van der Waals surface area contributed by atoms with Crippen LogP contribution in [-0.2, 0) is 9.53 Å². The summed E-state index contributed by atoms with van der Waals surface area (Å²) in [6.07, 6.45) is 5.92. The molecule has 0 spiro atoms. The van der Waals surface area contributed by atoms with Crippen LogP contribution in [0, 0.1) is 0 Å². The van der Waals surface area contributed by atoms with E-state index in [-0.39, 0.29) is 24.0 Å². The van der Waals surface area contributed by atoms with Gasteiger partial charge in [0.2, 0.25) is 5.91 Å². The van der Waals surface area contributed by atoms with Crippen molar-refractivity contribution in [2.75, 3.05) is 46.4 Å². The third kappa shape index (κ3) is 5.98. The van der Waals surface area contributed by atoms with Gasteiger partial charge in [-0.2, -0.15) is 0 Å². The standard InChI is InChI=1S/C28H37N3O3/c1-34-28(33)30-19-20-31(25(22-30)21-29-17-11-3-2-4-12-18-29)27(32)26(23-13-7-5-8-14-23)24-15-9-6-10-16-24/h5-10,13-16,25-26H,2-4,11-12,17-22H2,1H3/t25-/m1/s1. The van der Waals surface area contributed by atoms with Crippen LogP contribution in [0.4, 0.5) is 4.79 Å². The molecular formula is C28H37N3O3. The van der Waals surface area contributed by atoms with Crippen LogP contribution >= 0.6 is 0 Å². The number of carbonyl (C=O) groups excluding carboxylic acids is 2. The van der Waals surface area contributed by atoms with Crippen LogP contribution < -0.4 is 0 Å². The predicted octanol–water partition coefficient (Wildman–Crippen LogP) is 4.36. The molecule has 2 aromatic rings. The highest BCUT2D eigenvalue weighted by atomic mass is 16.5. The molecule has 4 rings (SSSR count). The zero-order valence-electron chi connectivity index (χ0n) is 20.3. The minimum atomic E-state index is -0.359. The van der Waals surface area contributed by atoms with Gasteiger partial charge < -0.3 is 19.4 Å². The van der Waals surface area contributed by atoms with E-state index in [1.54, 1.807) is 4.90 Å². The number of ether oxygens (including phenoxy) is 1. The first-order chi connectivity index (χ1) is 16.7. The lowest BCUT2D eigenvalue weighted by molar-refractivity contribution is -0.137. The van der Waals surface area contributed by atoms with Gasteiger partial charge in [0.15, 0.2) is 0 Å². The van der Waals surface area contributed by atoms with Crippen LogP contribution in [0.3, 0.4) is 0 Å². The Morgan fingerprint density at radius 1 is 0.824 bits per heavy atom. The summed E-state index contributed by atoms with van der Waals surface area (Å²) in [5.41, 5.74) is 2.00. The van der Waals surface area contributed by atoms with Crippen LogP contribution in [0.1, 0.15) is 49.1 Å². The van der Waals surface area contributed by atoms with Gasteiger partial charge >= 0.3 is 6.09 Å². The highest BCUT2D eigenvalue weighted by Crippen LogP contribution is 2.29. The highest BCUT2D eigenvalue weighted by molar-refractivity contribution is 5.87. The summed E-state index contributed by atoms with van der Waals surface area (Å²) in [6.45, 7) is 4.41. The first kappa shape index (κ1) is 24.3. The molecule has 2 fully saturated rings.